The fourth-order valence-electron chi connectivity index (χ4n) is 1.54. The predicted molar refractivity (Wildman–Crippen MR) is 56.8 cm³/mol. The molecular formula is C12H14O3. The largest absolute Gasteiger partial charge is 0.497 e. The molecule has 0 spiro atoms. The normalized spacial score (nSPS) is 25.7. The highest BCUT2D eigenvalue weighted by atomic mass is 16.6. The standard InChI is InChI=1S/C12H14O3/c1-3-12(8-15-12)11(13)9-4-6-10(14-2)7-5-9/h3-7,11,13H,1,8H2,2H3/t11-,12+/m1/s1. The van der Waals surface area contributed by atoms with Crippen molar-refractivity contribution >= 4 is 0 Å². The Labute approximate surface area is 88.9 Å². The van der Waals surface area contributed by atoms with E-state index in [4.69, 9.17) is 9.47 Å². The second kappa shape index (κ2) is 3.68. The Morgan fingerprint density at radius 2 is 2.13 bits per heavy atom. The quantitative estimate of drug-likeness (QED) is 0.602. The monoisotopic (exact) mass is 206 g/mol. The van der Waals surface area contributed by atoms with E-state index in [1.807, 2.05) is 24.3 Å². The third kappa shape index (κ3) is 1.76. The van der Waals surface area contributed by atoms with Crippen molar-refractivity contribution in [1.29, 1.82) is 0 Å². The highest BCUT2D eigenvalue weighted by Crippen LogP contribution is 2.41. The summed E-state index contributed by atoms with van der Waals surface area (Å²) in [7, 11) is 1.61. The van der Waals surface area contributed by atoms with Gasteiger partial charge in [0.25, 0.3) is 0 Å². The third-order valence-corrected chi connectivity index (χ3v) is 2.72. The van der Waals surface area contributed by atoms with Crippen molar-refractivity contribution in [2.24, 2.45) is 0 Å². The number of benzene rings is 1. The van der Waals surface area contributed by atoms with Gasteiger partial charge < -0.3 is 14.6 Å². The molecule has 0 amide bonds. The molecule has 1 aliphatic rings. The van der Waals surface area contributed by atoms with E-state index < -0.39 is 11.7 Å². The topological polar surface area (TPSA) is 42.0 Å². The van der Waals surface area contributed by atoms with Gasteiger partial charge in [-0.3, -0.25) is 0 Å². The van der Waals surface area contributed by atoms with E-state index in [0.717, 1.165) is 11.3 Å². The van der Waals surface area contributed by atoms with Gasteiger partial charge in [0.2, 0.25) is 0 Å². The molecule has 0 aliphatic carbocycles. The lowest BCUT2D eigenvalue weighted by molar-refractivity contribution is 0.100. The fourth-order valence-corrected chi connectivity index (χ4v) is 1.54. The second-order valence-corrected chi connectivity index (χ2v) is 3.62. The summed E-state index contributed by atoms with van der Waals surface area (Å²) >= 11 is 0. The Morgan fingerprint density at radius 3 is 2.53 bits per heavy atom. The van der Waals surface area contributed by atoms with E-state index in [-0.39, 0.29) is 0 Å². The maximum Gasteiger partial charge on any atom is 0.139 e. The first kappa shape index (κ1) is 10.2. The zero-order chi connectivity index (χ0) is 10.9. The maximum absolute atomic E-state index is 10.0. The number of hydrogen-bond donors (Lipinski definition) is 1. The molecule has 0 radical (unpaired) electrons. The molecule has 0 aromatic heterocycles. The molecule has 0 unspecified atom stereocenters. The van der Waals surface area contributed by atoms with Gasteiger partial charge in [-0.2, -0.15) is 0 Å². The van der Waals surface area contributed by atoms with Gasteiger partial charge in [-0.05, 0) is 17.7 Å². The van der Waals surface area contributed by atoms with E-state index in [1.54, 1.807) is 13.2 Å². The molecule has 1 heterocycles. The average Bonchev–Trinajstić information content (AvgIpc) is 3.09. The van der Waals surface area contributed by atoms with Gasteiger partial charge in [0.15, 0.2) is 0 Å². The van der Waals surface area contributed by atoms with Gasteiger partial charge in [0, 0.05) is 0 Å². The lowest BCUT2D eigenvalue weighted by atomic mass is 9.96. The molecule has 0 saturated carbocycles. The Balaban J connectivity index is 2.19. The molecule has 2 atom stereocenters. The summed E-state index contributed by atoms with van der Waals surface area (Å²) in [6.07, 6.45) is 1.00. The number of aliphatic hydroxyl groups is 1. The highest BCUT2D eigenvalue weighted by molar-refractivity contribution is 5.32. The van der Waals surface area contributed by atoms with Crippen LogP contribution in [0, 0.1) is 0 Å². The van der Waals surface area contributed by atoms with Crippen LogP contribution in [-0.2, 0) is 4.74 Å². The smallest absolute Gasteiger partial charge is 0.139 e. The van der Waals surface area contributed by atoms with Crippen molar-refractivity contribution in [2.45, 2.75) is 11.7 Å². The van der Waals surface area contributed by atoms with Crippen LogP contribution in [-0.4, -0.2) is 24.4 Å². The Hall–Kier alpha value is -1.32. The van der Waals surface area contributed by atoms with Crippen LogP contribution in [0.5, 0.6) is 5.75 Å². The number of rotatable bonds is 4. The van der Waals surface area contributed by atoms with Gasteiger partial charge in [-0.15, -0.1) is 6.58 Å². The first-order valence-electron chi connectivity index (χ1n) is 4.81. The van der Waals surface area contributed by atoms with Crippen LogP contribution in [0.1, 0.15) is 11.7 Å². The molecule has 2 rings (SSSR count). The molecule has 3 heteroatoms. The second-order valence-electron chi connectivity index (χ2n) is 3.62. The van der Waals surface area contributed by atoms with Crippen LogP contribution in [0.2, 0.25) is 0 Å². The van der Waals surface area contributed by atoms with E-state index in [0.29, 0.717) is 6.61 Å². The fraction of sp³-hybridized carbons (Fsp3) is 0.333. The number of hydrogen-bond acceptors (Lipinski definition) is 3. The van der Waals surface area contributed by atoms with Crippen LogP contribution >= 0.6 is 0 Å². The molecule has 1 N–H and O–H groups in total. The van der Waals surface area contributed by atoms with Gasteiger partial charge in [0.1, 0.15) is 17.5 Å². The first-order valence-corrected chi connectivity index (χ1v) is 4.81. The van der Waals surface area contributed by atoms with E-state index in [2.05, 4.69) is 6.58 Å². The van der Waals surface area contributed by atoms with Gasteiger partial charge >= 0.3 is 0 Å². The lowest BCUT2D eigenvalue weighted by Crippen LogP contribution is -2.19. The number of aliphatic hydroxyl groups excluding tert-OH is 1. The van der Waals surface area contributed by atoms with Gasteiger partial charge in [-0.25, -0.2) is 0 Å². The number of methoxy groups -OCH3 is 1. The van der Waals surface area contributed by atoms with Crippen molar-refractivity contribution in [1.82, 2.24) is 0 Å². The molecule has 1 aromatic carbocycles. The van der Waals surface area contributed by atoms with Crippen LogP contribution in [0.15, 0.2) is 36.9 Å². The maximum atomic E-state index is 10.0. The molecular weight excluding hydrogens is 192 g/mol. The summed E-state index contributed by atoms with van der Waals surface area (Å²) in [5.74, 6) is 0.773. The minimum absolute atomic E-state index is 0.531. The minimum Gasteiger partial charge on any atom is -0.497 e. The molecule has 15 heavy (non-hydrogen) atoms. The molecule has 1 aromatic rings. The number of epoxide rings is 1. The summed E-state index contributed by atoms with van der Waals surface area (Å²) < 4.78 is 10.3. The average molecular weight is 206 g/mol. The van der Waals surface area contributed by atoms with Crippen molar-refractivity contribution in [3.05, 3.63) is 42.5 Å². The summed E-state index contributed by atoms with van der Waals surface area (Å²) in [5.41, 5.74) is 0.238. The first-order chi connectivity index (χ1) is 7.22. The lowest BCUT2D eigenvalue weighted by Gasteiger charge is -2.15. The zero-order valence-corrected chi connectivity index (χ0v) is 8.64. The molecule has 80 valence electrons. The predicted octanol–water partition coefficient (Wildman–Crippen LogP) is 1.68. The van der Waals surface area contributed by atoms with E-state index in [9.17, 15) is 5.11 Å². The zero-order valence-electron chi connectivity index (χ0n) is 8.64. The molecule has 1 aliphatic heterocycles. The van der Waals surface area contributed by atoms with E-state index in [1.165, 1.54) is 0 Å². The highest BCUT2D eigenvalue weighted by Gasteiger charge is 2.49. The summed E-state index contributed by atoms with van der Waals surface area (Å²) in [6, 6.07) is 7.29. The molecule has 0 bridgehead atoms. The minimum atomic E-state index is -0.652. The Kier molecular flexibility index (Phi) is 2.50. The molecule has 1 saturated heterocycles. The Morgan fingerprint density at radius 1 is 1.53 bits per heavy atom. The SMILES string of the molecule is C=C[C@@]1([C@H](O)c2ccc(OC)cc2)CO1. The van der Waals surface area contributed by atoms with Gasteiger partial charge in [-0.1, -0.05) is 18.2 Å². The van der Waals surface area contributed by atoms with Crippen LogP contribution < -0.4 is 4.74 Å². The van der Waals surface area contributed by atoms with E-state index >= 15 is 0 Å². The van der Waals surface area contributed by atoms with Crippen LogP contribution in [0.4, 0.5) is 0 Å². The van der Waals surface area contributed by atoms with Crippen molar-refractivity contribution in [2.75, 3.05) is 13.7 Å². The van der Waals surface area contributed by atoms with Crippen LogP contribution in [0.25, 0.3) is 0 Å². The van der Waals surface area contributed by atoms with Crippen molar-refractivity contribution in [3.63, 3.8) is 0 Å². The third-order valence-electron chi connectivity index (χ3n) is 2.72. The van der Waals surface area contributed by atoms with Crippen molar-refractivity contribution < 1.29 is 14.6 Å². The summed E-state index contributed by atoms with van der Waals surface area (Å²) in [4.78, 5) is 0. The number of ether oxygens (including phenoxy) is 2. The summed E-state index contributed by atoms with van der Waals surface area (Å²) in [6.45, 7) is 4.20. The van der Waals surface area contributed by atoms with Gasteiger partial charge in [0.05, 0.1) is 13.7 Å². The van der Waals surface area contributed by atoms with Crippen molar-refractivity contribution in [3.8, 4) is 5.75 Å². The summed E-state index contributed by atoms with van der Waals surface area (Å²) in [5, 5.41) is 10.0. The molecule has 3 nitrogen and oxygen atoms in total. The molecule has 1 fully saturated rings. The Bertz CT molecular complexity index is 352. The van der Waals surface area contributed by atoms with Crippen LogP contribution in [0.3, 0.4) is 0 Å².